The summed E-state index contributed by atoms with van der Waals surface area (Å²) in [7, 11) is -3.51. The predicted octanol–water partition coefficient (Wildman–Crippen LogP) is 2.38. The third-order valence-electron chi connectivity index (χ3n) is 3.28. The first-order chi connectivity index (χ1) is 8.82. The number of nitrogens with zero attached hydrogens (tertiary/aromatic N) is 1. The quantitative estimate of drug-likeness (QED) is 0.889. The summed E-state index contributed by atoms with van der Waals surface area (Å²) in [6.07, 6.45) is 0.729. The van der Waals surface area contributed by atoms with Gasteiger partial charge in [0.1, 0.15) is 4.21 Å². The van der Waals surface area contributed by atoms with Crippen LogP contribution >= 0.6 is 27.3 Å². The molecule has 1 saturated heterocycles. The van der Waals surface area contributed by atoms with Crippen LogP contribution in [-0.4, -0.2) is 36.4 Å². The lowest BCUT2D eigenvalue weighted by molar-refractivity contribution is -0.143. The molecule has 2 atom stereocenters. The summed E-state index contributed by atoms with van der Waals surface area (Å²) in [5, 5.41) is 8.99. The molecule has 1 aromatic heterocycles. The Morgan fingerprint density at radius 1 is 1.53 bits per heavy atom. The molecule has 106 valence electrons. The Morgan fingerprint density at radius 3 is 2.68 bits per heavy atom. The Bertz CT molecular complexity index is 583. The number of halogens is 1. The molecule has 2 rings (SSSR count). The van der Waals surface area contributed by atoms with Crippen molar-refractivity contribution in [2.75, 3.05) is 6.54 Å². The van der Waals surface area contributed by atoms with Crippen molar-refractivity contribution in [3.63, 3.8) is 0 Å². The van der Waals surface area contributed by atoms with Gasteiger partial charge in [-0.15, -0.1) is 11.3 Å². The second kappa shape index (κ2) is 5.51. The number of carboxylic acid groups (broad SMARTS) is 1. The standard InChI is InChI=1S/C11H14BrNO4S2/c1-7-6-8(11(14)15)4-5-13(7)19(16,17)10-3-2-9(12)18-10/h2-3,7-8H,4-6H2,1H3,(H,14,15). The highest BCUT2D eigenvalue weighted by atomic mass is 79.9. The first-order valence-corrected chi connectivity index (χ1v) is 8.87. The van der Waals surface area contributed by atoms with Crippen LogP contribution in [0.15, 0.2) is 20.1 Å². The van der Waals surface area contributed by atoms with E-state index < -0.39 is 21.9 Å². The number of carboxylic acids is 1. The van der Waals surface area contributed by atoms with Crippen LogP contribution in [0.5, 0.6) is 0 Å². The molecule has 8 heteroatoms. The van der Waals surface area contributed by atoms with Crippen LogP contribution in [-0.2, 0) is 14.8 Å². The van der Waals surface area contributed by atoms with Crippen molar-refractivity contribution in [2.45, 2.75) is 30.0 Å². The van der Waals surface area contributed by atoms with Crippen molar-refractivity contribution in [1.29, 1.82) is 0 Å². The van der Waals surface area contributed by atoms with Gasteiger partial charge in [0.25, 0.3) is 10.0 Å². The highest BCUT2D eigenvalue weighted by molar-refractivity contribution is 9.11. The maximum atomic E-state index is 12.5. The molecule has 1 fully saturated rings. The molecule has 0 radical (unpaired) electrons. The Morgan fingerprint density at radius 2 is 2.21 bits per heavy atom. The number of hydrogen-bond acceptors (Lipinski definition) is 4. The minimum absolute atomic E-state index is 0.260. The monoisotopic (exact) mass is 367 g/mol. The third kappa shape index (κ3) is 3.01. The largest absolute Gasteiger partial charge is 0.481 e. The highest BCUT2D eigenvalue weighted by Crippen LogP contribution is 2.33. The predicted molar refractivity (Wildman–Crippen MR) is 75.7 cm³/mol. The maximum Gasteiger partial charge on any atom is 0.306 e. The number of hydrogen-bond donors (Lipinski definition) is 1. The van der Waals surface area contributed by atoms with E-state index in [1.54, 1.807) is 19.1 Å². The highest BCUT2D eigenvalue weighted by Gasteiger charge is 2.37. The van der Waals surface area contributed by atoms with Gasteiger partial charge in [0, 0.05) is 12.6 Å². The van der Waals surface area contributed by atoms with Crippen molar-refractivity contribution < 1.29 is 18.3 Å². The molecule has 5 nitrogen and oxygen atoms in total. The number of aliphatic carboxylic acids is 1. The molecule has 1 aliphatic heterocycles. The van der Waals surface area contributed by atoms with E-state index in [2.05, 4.69) is 15.9 Å². The average Bonchev–Trinajstić information content (AvgIpc) is 2.76. The minimum Gasteiger partial charge on any atom is -0.481 e. The number of rotatable bonds is 3. The lowest BCUT2D eigenvalue weighted by atomic mass is 9.93. The molecule has 2 unspecified atom stereocenters. The zero-order chi connectivity index (χ0) is 14.2. The lowest BCUT2D eigenvalue weighted by Crippen LogP contribution is -2.45. The zero-order valence-electron chi connectivity index (χ0n) is 10.2. The normalized spacial score (nSPS) is 25.4. The summed E-state index contributed by atoms with van der Waals surface area (Å²) in [6, 6.07) is 2.98. The number of thiophene rings is 1. The number of piperidine rings is 1. The summed E-state index contributed by atoms with van der Waals surface area (Å²) in [4.78, 5) is 11.0. The maximum absolute atomic E-state index is 12.5. The van der Waals surface area contributed by atoms with Crippen molar-refractivity contribution in [3.8, 4) is 0 Å². The number of sulfonamides is 1. The molecule has 1 N–H and O–H groups in total. The van der Waals surface area contributed by atoms with E-state index in [1.807, 2.05) is 0 Å². The fourth-order valence-corrected chi connectivity index (χ4v) is 6.08. The summed E-state index contributed by atoms with van der Waals surface area (Å²) < 4.78 is 27.4. The van der Waals surface area contributed by atoms with Crippen LogP contribution in [0.3, 0.4) is 0 Å². The van der Waals surface area contributed by atoms with Crippen LogP contribution in [0.2, 0.25) is 0 Å². The van der Waals surface area contributed by atoms with Crippen LogP contribution < -0.4 is 0 Å². The van der Waals surface area contributed by atoms with Gasteiger partial charge in [-0.2, -0.15) is 4.31 Å². The van der Waals surface area contributed by atoms with E-state index in [9.17, 15) is 13.2 Å². The van der Waals surface area contributed by atoms with Gasteiger partial charge in [0.2, 0.25) is 0 Å². The number of carbonyl (C=O) groups is 1. The van der Waals surface area contributed by atoms with E-state index in [4.69, 9.17) is 5.11 Å². The van der Waals surface area contributed by atoms with Crippen LogP contribution in [0, 0.1) is 5.92 Å². The van der Waals surface area contributed by atoms with Gasteiger partial charge in [-0.05, 0) is 47.8 Å². The molecule has 0 spiro atoms. The SMILES string of the molecule is CC1CC(C(=O)O)CCN1S(=O)(=O)c1ccc(Br)s1. The van der Waals surface area contributed by atoms with Gasteiger partial charge in [0.05, 0.1) is 9.70 Å². The molecule has 19 heavy (non-hydrogen) atoms. The fourth-order valence-electron chi connectivity index (χ4n) is 2.28. The summed E-state index contributed by atoms with van der Waals surface area (Å²) >= 11 is 4.42. The molecule has 0 bridgehead atoms. The fraction of sp³-hybridized carbons (Fsp3) is 0.545. The Kier molecular flexibility index (Phi) is 4.34. The smallest absolute Gasteiger partial charge is 0.306 e. The minimum atomic E-state index is -3.51. The van der Waals surface area contributed by atoms with E-state index >= 15 is 0 Å². The van der Waals surface area contributed by atoms with Gasteiger partial charge in [-0.3, -0.25) is 4.79 Å². The van der Waals surface area contributed by atoms with Crippen molar-refractivity contribution in [3.05, 3.63) is 15.9 Å². The van der Waals surface area contributed by atoms with Crippen molar-refractivity contribution >= 4 is 43.3 Å². The molecule has 0 saturated carbocycles. The van der Waals surface area contributed by atoms with E-state index in [-0.39, 0.29) is 12.6 Å². The summed E-state index contributed by atoms with van der Waals surface area (Å²) in [5.41, 5.74) is 0. The van der Waals surface area contributed by atoms with Gasteiger partial charge in [-0.25, -0.2) is 8.42 Å². The molecule has 0 aromatic carbocycles. The van der Waals surface area contributed by atoms with Gasteiger partial charge >= 0.3 is 5.97 Å². The average molecular weight is 368 g/mol. The summed E-state index contributed by atoms with van der Waals surface area (Å²) in [6.45, 7) is 2.02. The van der Waals surface area contributed by atoms with E-state index in [0.717, 1.165) is 3.79 Å². The molecular weight excluding hydrogens is 354 g/mol. The molecule has 1 aliphatic rings. The molecular formula is C11H14BrNO4S2. The molecule has 1 aromatic rings. The van der Waals surface area contributed by atoms with Gasteiger partial charge in [-0.1, -0.05) is 0 Å². The van der Waals surface area contributed by atoms with Gasteiger partial charge < -0.3 is 5.11 Å². The van der Waals surface area contributed by atoms with Gasteiger partial charge in [0.15, 0.2) is 0 Å². The van der Waals surface area contributed by atoms with Crippen LogP contribution in [0.25, 0.3) is 0 Å². The third-order valence-corrected chi connectivity index (χ3v) is 7.38. The van der Waals surface area contributed by atoms with E-state index in [0.29, 0.717) is 17.1 Å². The second-order valence-electron chi connectivity index (χ2n) is 4.58. The van der Waals surface area contributed by atoms with E-state index in [1.165, 1.54) is 15.6 Å². The molecule has 2 heterocycles. The van der Waals surface area contributed by atoms with Crippen LogP contribution in [0.4, 0.5) is 0 Å². The summed E-state index contributed by atoms with van der Waals surface area (Å²) in [5.74, 6) is -1.29. The van der Waals surface area contributed by atoms with Crippen LogP contribution in [0.1, 0.15) is 19.8 Å². The second-order valence-corrected chi connectivity index (χ2v) is 9.16. The Balaban J connectivity index is 2.21. The molecule has 0 amide bonds. The Hall–Kier alpha value is -0.440. The molecule has 0 aliphatic carbocycles. The topological polar surface area (TPSA) is 74.7 Å². The lowest BCUT2D eigenvalue weighted by Gasteiger charge is -2.34. The zero-order valence-corrected chi connectivity index (χ0v) is 13.5. The first kappa shape index (κ1) is 15.0. The van der Waals surface area contributed by atoms with Crippen molar-refractivity contribution in [2.24, 2.45) is 5.92 Å². The van der Waals surface area contributed by atoms with Crippen molar-refractivity contribution in [1.82, 2.24) is 4.31 Å². The Labute approximate surface area is 124 Å². The first-order valence-electron chi connectivity index (χ1n) is 5.82.